The van der Waals surface area contributed by atoms with Crippen molar-refractivity contribution in [2.45, 2.75) is 45.0 Å². The molecule has 1 unspecified atom stereocenters. The summed E-state index contributed by atoms with van der Waals surface area (Å²) in [6.07, 6.45) is -3.88. The highest BCUT2D eigenvalue weighted by molar-refractivity contribution is 5.61. The van der Waals surface area contributed by atoms with E-state index in [2.05, 4.69) is 0 Å². The Bertz CT molecular complexity index is 477. The molecule has 0 saturated carbocycles. The Labute approximate surface area is 110 Å². The molecule has 0 saturated heterocycles. The lowest BCUT2D eigenvalue weighted by Crippen LogP contribution is -2.47. The Hall–Kier alpha value is -1.23. The van der Waals surface area contributed by atoms with Crippen LogP contribution in [0, 0.1) is 0 Å². The molecule has 5 heteroatoms. The fourth-order valence-electron chi connectivity index (χ4n) is 2.71. The zero-order valence-electron chi connectivity index (χ0n) is 11.3. The SMILES string of the molecule is CCN1c2ccc(C(F)(F)F)cc2CC1C(C)(C)O. The average Bonchev–Trinajstić information content (AvgIpc) is 2.64. The molecule has 1 atom stereocenters. The predicted octanol–water partition coefficient (Wildman–Crippen LogP) is 3.23. The summed E-state index contributed by atoms with van der Waals surface area (Å²) in [5.74, 6) is 0. The summed E-state index contributed by atoms with van der Waals surface area (Å²) in [5.41, 5.74) is -0.127. The molecule has 0 bridgehead atoms. The van der Waals surface area contributed by atoms with Crippen LogP contribution in [0.4, 0.5) is 18.9 Å². The van der Waals surface area contributed by atoms with Crippen LogP contribution < -0.4 is 4.90 Å². The number of hydrogen-bond donors (Lipinski definition) is 1. The van der Waals surface area contributed by atoms with Crippen LogP contribution >= 0.6 is 0 Å². The van der Waals surface area contributed by atoms with Gasteiger partial charge in [0.25, 0.3) is 0 Å². The largest absolute Gasteiger partial charge is 0.416 e. The van der Waals surface area contributed by atoms with E-state index < -0.39 is 17.3 Å². The van der Waals surface area contributed by atoms with Crippen molar-refractivity contribution in [1.82, 2.24) is 0 Å². The Kier molecular flexibility index (Phi) is 3.29. The second kappa shape index (κ2) is 4.40. The van der Waals surface area contributed by atoms with E-state index >= 15 is 0 Å². The number of likely N-dealkylation sites (N-methyl/N-ethyl adjacent to an activating group) is 1. The quantitative estimate of drug-likeness (QED) is 0.894. The highest BCUT2D eigenvalue weighted by Gasteiger charge is 2.39. The van der Waals surface area contributed by atoms with Gasteiger partial charge in [-0.3, -0.25) is 0 Å². The summed E-state index contributed by atoms with van der Waals surface area (Å²) in [6, 6.07) is 3.63. The molecule has 106 valence electrons. The molecule has 1 aromatic carbocycles. The van der Waals surface area contributed by atoms with Crippen molar-refractivity contribution in [3.8, 4) is 0 Å². The zero-order valence-corrected chi connectivity index (χ0v) is 11.3. The summed E-state index contributed by atoms with van der Waals surface area (Å²) in [5, 5.41) is 10.2. The minimum Gasteiger partial charge on any atom is -0.388 e. The van der Waals surface area contributed by atoms with Crippen LogP contribution in [-0.4, -0.2) is 23.3 Å². The third-order valence-corrected chi connectivity index (χ3v) is 3.66. The van der Waals surface area contributed by atoms with E-state index in [1.807, 2.05) is 11.8 Å². The number of alkyl halides is 3. The van der Waals surface area contributed by atoms with Crippen LogP contribution in [0.1, 0.15) is 31.9 Å². The monoisotopic (exact) mass is 273 g/mol. The van der Waals surface area contributed by atoms with Gasteiger partial charge in [0.1, 0.15) is 0 Å². The van der Waals surface area contributed by atoms with Crippen LogP contribution in [-0.2, 0) is 12.6 Å². The average molecular weight is 273 g/mol. The molecule has 2 rings (SSSR count). The van der Waals surface area contributed by atoms with Crippen LogP contribution in [0.3, 0.4) is 0 Å². The minimum atomic E-state index is -4.32. The van der Waals surface area contributed by atoms with Crippen molar-refractivity contribution in [3.05, 3.63) is 29.3 Å². The Morgan fingerprint density at radius 3 is 2.42 bits per heavy atom. The summed E-state index contributed by atoms with van der Waals surface area (Å²) in [7, 11) is 0. The summed E-state index contributed by atoms with van der Waals surface area (Å²) in [4.78, 5) is 1.97. The van der Waals surface area contributed by atoms with E-state index in [0.717, 1.165) is 11.8 Å². The van der Waals surface area contributed by atoms with E-state index in [9.17, 15) is 18.3 Å². The number of hydrogen-bond acceptors (Lipinski definition) is 2. The van der Waals surface area contributed by atoms with E-state index in [-0.39, 0.29) is 6.04 Å². The van der Waals surface area contributed by atoms with Gasteiger partial charge in [0.05, 0.1) is 17.2 Å². The first-order valence-corrected chi connectivity index (χ1v) is 6.33. The van der Waals surface area contributed by atoms with Crippen LogP contribution in [0.2, 0.25) is 0 Å². The Morgan fingerprint density at radius 1 is 1.32 bits per heavy atom. The van der Waals surface area contributed by atoms with Gasteiger partial charge in [-0.1, -0.05) is 0 Å². The van der Waals surface area contributed by atoms with E-state index in [0.29, 0.717) is 18.5 Å². The number of fused-ring (bicyclic) bond motifs is 1. The van der Waals surface area contributed by atoms with Gasteiger partial charge in [-0.15, -0.1) is 0 Å². The van der Waals surface area contributed by atoms with Crippen LogP contribution in [0.25, 0.3) is 0 Å². The van der Waals surface area contributed by atoms with E-state index in [1.165, 1.54) is 12.1 Å². The topological polar surface area (TPSA) is 23.5 Å². The third-order valence-electron chi connectivity index (χ3n) is 3.66. The molecule has 0 aliphatic carbocycles. The van der Waals surface area contributed by atoms with Crippen molar-refractivity contribution in [1.29, 1.82) is 0 Å². The van der Waals surface area contributed by atoms with Crippen molar-refractivity contribution >= 4 is 5.69 Å². The molecule has 1 heterocycles. The lowest BCUT2D eigenvalue weighted by Gasteiger charge is -2.34. The number of halogens is 3. The highest BCUT2D eigenvalue weighted by Crippen LogP contribution is 2.39. The van der Waals surface area contributed by atoms with Crippen molar-refractivity contribution in [2.75, 3.05) is 11.4 Å². The zero-order chi connectivity index (χ0) is 14.4. The molecular formula is C14H18F3NO. The fourth-order valence-corrected chi connectivity index (χ4v) is 2.71. The first-order valence-electron chi connectivity index (χ1n) is 6.33. The number of nitrogens with zero attached hydrogens (tertiary/aromatic N) is 1. The molecule has 0 amide bonds. The molecule has 0 radical (unpaired) electrons. The number of rotatable bonds is 2. The van der Waals surface area contributed by atoms with Gasteiger partial charge in [-0.05, 0) is 51.0 Å². The summed E-state index contributed by atoms with van der Waals surface area (Å²) >= 11 is 0. The summed E-state index contributed by atoms with van der Waals surface area (Å²) < 4.78 is 38.1. The molecule has 0 fully saturated rings. The van der Waals surface area contributed by atoms with Crippen molar-refractivity contribution < 1.29 is 18.3 Å². The van der Waals surface area contributed by atoms with Gasteiger partial charge in [-0.2, -0.15) is 13.2 Å². The standard InChI is InChI=1S/C14H18F3NO/c1-4-18-11-6-5-10(14(15,16)17)7-9(11)8-12(18)13(2,3)19/h5-7,12,19H,4,8H2,1-3H3. The first-order chi connectivity index (χ1) is 8.64. The van der Waals surface area contributed by atoms with E-state index in [4.69, 9.17) is 0 Å². The molecule has 0 spiro atoms. The molecule has 2 nitrogen and oxygen atoms in total. The molecule has 1 aliphatic rings. The molecule has 0 aromatic heterocycles. The lowest BCUT2D eigenvalue weighted by atomic mass is 9.95. The normalized spacial score (nSPS) is 19.7. The van der Waals surface area contributed by atoms with Crippen molar-refractivity contribution in [2.24, 2.45) is 0 Å². The van der Waals surface area contributed by atoms with Gasteiger partial charge in [0, 0.05) is 12.2 Å². The second-order valence-corrected chi connectivity index (χ2v) is 5.50. The highest BCUT2D eigenvalue weighted by atomic mass is 19.4. The smallest absolute Gasteiger partial charge is 0.388 e. The first kappa shape index (κ1) is 14.2. The van der Waals surface area contributed by atoms with Crippen LogP contribution in [0.15, 0.2) is 18.2 Å². The maximum absolute atomic E-state index is 12.7. The minimum absolute atomic E-state index is 0.184. The number of anilines is 1. The van der Waals surface area contributed by atoms with Gasteiger partial charge in [0.2, 0.25) is 0 Å². The van der Waals surface area contributed by atoms with Gasteiger partial charge in [0.15, 0.2) is 0 Å². The maximum atomic E-state index is 12.7. The third kappa shape index (κ3) is 2.56. The fraction of sp³-hybridized carbons (Fsp3) is 0.571. The maximum Gasteiger partial charge on any atom is 0.416 e. The van der Waals surface area contributed by atoms with Crippen LogP contribution in [0.5, 0.6) is 0 Å². The molecule has 1 aromatic rings. The van der Waals surface area contributed by atoms with Gasteiger partial charge >= 0.3 is 6.18 Å². The van der Waals surface area contributed by atoms with Gasteiger partial charge in [-0.25, -0.2) is 0 Å². The molecular weight excluding hydrogens is 255 g/mol. The lowest BCUT2D eigenvalue weighted by molar-refractivity contribution is -0.137. The summed E-state index contributed by atoms with van der Waals surface area (Å²) in [6.45, 7) is 5.98. The van der Waals surface area contributed by atoms with Gasteiger partial charge < -0.3 is 10.0 Å². The molecule has 19 heavy (non-hydrogen) atoms. The molecule has 1 aliphatic heterocycles. The number of benzene rings is 1. The predicted molar refractivity (Wildman–Crippen MR) is 68.3 cm³/mol. The Morgan fingerprint density at radius 2 is 1.95 bits per heavy atom. The van der Waals surface area contributed by atoms with Crippen molar-refractivity contribution in [3.63, 3.8) is 0 Å². The van der Waals surface area contributed by atoms with E-state index in [1.54, 1.807) is 13.8 Å². The molecule has 1 N–H and O–H groups in total. The Balaban J connectivity index is 2.41. The second-order valence-electron chi connectivity index (χ2n) is 5.50. The number of aliphatic hydroxyl groups is 1.